The zero-order chi connectivity index (χ0) is 12.0. The summed E-state index contributed by atoms with van der Waals surface area (Å²) >= 11 is 0. The van der Waals surface area contributed by atoms with Crippen LogP contribution in [0, 0.1) is 19.8 Å². The predicted octanol–water partition coefficient (Wildman–Crippen LogP) is 3.52. The van der Waals surface area contributed by atoms with E-state index in [1.165, 1.54) is 24.0 Å². The van der Waals surface area contributed by atoms with Crippen molar-refractivity contribution in [3.63, 3.8) is 0 Å². The Labute approximate surface area is 99.0 Å². The average Bonchev–Trinajstić information content (AvgIpc) is 2.23. The molecule has 2 unspecified atom stereocenters. The molecule has 1 aromatic rings. The van der Waals surface area contributed by atoms with Gasteiger partial charge in [0.15, 0.2) is 0 Å². The molecule has 1 saturated heterocycles. The van der Waals surface area contributed by atoms with Gasteiger partial charge >= 0.3 is 0 Å². The second-order valence-electron chi connectivity index (χ2n) is 4.74. The molecule has 0 aliphatic carbocycles. The van der Waals surface area contributed by atoms with Crippen LogP contribution in [0.2, 0.25) is 0 Å². The number of rotatable bonds is 0. The van der Waals surface area contributed by atoms with Crippen molar-refractivity contribution in [2.75, 3.05) is 6.61 Å². The van der Waals surface area contributed by atoms with E-state index >= 15 is 0 Å². The maximum absolute atomic E-state index is 5.39. The van der Waals surface area contributed by atoms with Crippen LogP contribution in [0.15, 0.2) is 18.5 Å². The van der Waals surface area contributed by atoms with Crippen molar-refractivity contribution in [1.82, 2.24) is 4.98 Å². The molecule has 2 heteroatoms. The molecule has 0 amide bonds. The third-order valence-electron chi connectivity index (χ3n) is 3.00. The third kappa shape index (κ3) is 4.75. The fourth-order valence-corrected chi connectivity index (χ4v) is 1.78. The first-order chi connectivity index (χ1) is 7.59. The molecule has 0 N–H and O–H groups in total. The van der Waals surface area contributed by atoms with Crippen molar-refractivity contribution in [2.24, 2.45) is 5.92 Å². The maximum Gasteiger partial charge on any atom is 0.0572 e. The summed E-state index contributed by atoms with van der Waals surface area (Å²) in [5.74, 6) is 0.781. The lowest BCUT2D eigenvalue weighted by Gasteiger charge is -2.25. The Balaban J connectivity index is 0.000000160. The Hall–Kier alpha value is -0.890. The Morgan fingerprint density at radius 2 is 1.81 bits per heavy atom. The van der Waals surface area contributed by atoms with Crippen molar-refractivity contribution < 1.29 is 4.74 Å². The highest BCUT2D eigenvalue weighted by atomic mass is 16.5. The zero-order valence-corrected chi connectivity index (χ0v) is 10.9. The van der Waals surface area contributed by atoms with Gasteiger partial charge in [-0.2, -0.15) is 0 Å². The second kappa shape index (κ2) is 6.64. The van der Waals surface area contributed by atoms with Gasteiger partial charge in [0.05, 0.1) is 6.10 Å². The number of nitrogens with zero attached hydrogens (tertiary/aromatic N) is 1. The van der Waals surface area contributed by atoms with Crippen LogP contribution in [0.25, 0.3) is 0 Å². The molecule has 0 radical (unpaired) electrons. The number of pyridine rings is 1. The molecule has 2 rings (SSSR count). The van der Waals surface area contributed by atoms with Crippen molar-refractivity contribution in [3.8, 4) is 0 Å². The van der Waals surface area contributed by atoms with E-state index < -0.39 is 0 Å². The molecule has 1 aliphatic rings. The van der Waals surface area contributed by atoms with Crippen molar-refractivity contribution in [3.05, 3.63) is 29.6 Å². The van der Waals surface area contributed by atoms with Crippen LogP contribution < -0.4 is 0 Å². The molecule has 1 aromatic heterocycles. The van der Waals surface area contributed by atoms with Crippen molar-refractivity contribution >= 4 is 0 Å². The van der Waals surface area contributed by atoms with E-state index in [4.69, 9.17) is 4.74 Å². The molecular weight excluding hydrogens is 198 g/mol. The van der Waals surface area contributed by atoms with E-state index in [0.717, 1.165) is 12.5 Å². The number of aryl methyl sites for hydroxylation is 2. The van der Waals surface area contributed by atoms with Crippen LogP contribution in [-0.4, -0.2) is 17.7 Å². The lowest BCUT2D eigenvalue weighted by Crippen LogP contribution is -2.23. The minimum atomic E-state index is 0.503. The van der Waals surface area contributed by atoms with Gasteiger partial charge < -0.3 is 4.74 Å². The quantitative estimate of drug-likeness (QED) is 0.668. The lowest BCUT2D eigenvalue weighted by atomic mass is 9.98. The summed E-state index contributed by atoms with van der Waals surface area (Å²) in [7, 11) is 0. The summed E-state index contributed by atoms with van der Waals surface area (Å²) in [6.45, 7) is 9.47. The monoisotopic (exact) mass is 221 g/mol. The molecular formula is C14H23NO. The van der Waals surface area contributed by atoms with E-state index in [1.54, 1.807) is 0 Å². The Kier molecular flexibility index (Phi) is 5.47. The van der Waals surface area contributed by atoms with Crippen molar-refractivity contribution in [2.45, 2.75) is 46.6 Å². The first-order valence-corrected chi connectivity index (χ1v) is 6.09. The van der Waals surface area contributed by atoms with E-state index in [9.17, 15) is 0 Å². The van der Waals surface area contributed by atoms with Gasteiger partial charge in [0, 0.05) is 19.0 Å². The number of aromatic nitrogens is 1. The SMILES string of the molecule is CC1CCCOC1C.Cc1cncc(C)c1. The molecule has 1 aliphatic heterocycles. The van der Waals surface area contributed by atoms with Gasteiger partial charge in [-0.1, -0.05) is 13.0 Å². The van der Waals surface area contributed by atoms with Crippen LogP contribution in [0.4, 0.5) is 0 Å². The molecule has 90 valence electrons. The van der Waals surface area contributed by atoms with Crippen LogP contribution in [-0.2, 0) is 4.74 Å². The number of ether oxygens (including phenoxy) is 1. The largest absolute Gasteiger partial charge is 0.378 e. The summed E-state index contributed by atoms with van der Waals surface area (Å²) in [5.41, 5.74) is 2.45. The molecule has 0 saturated carbocycles. The maximum atomic E-state index is 5.39. The highest BCUT2D eigenvalue weighted by Gasteiger charge is 2.16. The summed E-state index contributed by atoms with van der Waals surface area (Å²) in [6.07, 6.45) is 6.82. The third-order valence-corrected chi connectivity index (χ3v) is 3.00. The Morgan fingerprint density at radius 1 is 1.19 bits per heavy atom. The second-order valence-corrected chi connectivity index (χ2v) is 4.74. The van der Waals surface area contributed by atoms with Crippen LogP contribution in [0.3, 0.4) is 0 Å². The van der Waals surface area contributed by atoms with E-state index in [2.05, 4.69) is 24.9 Å². The van der Waals surface area contributed by atoms with Gasteiger partial charge in [-0.15, -0.1) is 0 Å². The molecule has 16 heavy (non-hydrogen) atoms. The average molecular weight is 221 g/mol. The molecule has 2 heterocycles. The molecule has 2 atom stereocenters. The summed E-state index contributed by atoms with van der Waals surface area (Å²) < 4.78 is 5.39. The van der Waals surface area contributed by atoms with Crippen LogP contribution in [0.1, 0.15) is 37.8 Å². The molecule has 1 fully saturated rings. The molecule has 0 spiro atoms. The van der Waals surface area contributed by atoms with Gasteiger partial charge in [-0.3, -0.25) is 4.98 Å². The van der Waals surface area contributed by atoms with E-state index in [-0.39, 0.29) is 0 Å². The summed E-state index contributed by atoms with van der Waals surface area (Å²) in [6, 6.07) is 2.10. The minimum absolute atomic E-state index is 0.503. The summed E-state index contributed by atoms with van der Waals surface area (Å²) in [5, 5.41) is 0. The number of hydrogen-bond donors (Lipinski definition) is 0. The first-order valence-electron chi connectivity index (χ1n) is 6.09. The highest BCUT2D eigenvalue weighted by molar-refractivity contribution is 5.14. The van der Waals surface area contributed by atoms with Gasteiger partial charge in [0.25, 0.3) is 0 Å². The zero-order valence-electron chi connectivity index (χ0n) is 10.9. The van der Waals surface area contributed by atoms with E-state index in [0.29, 0.717) is 6.10 Å². The Bertz CT molecular complexity index is 284. The van der Waals surface area contributed by atoms with Gasteiger partial charge in [0.2, 0.25) is 0 Å². The van der Waals surface area contributed by atoms with Crippen LogP contribution >= 0.6 is 0 Å². The lowest BCUT2D eigenvalue weighted by molar-refractivity contribution is -0.00789. The topological polar surface area (TPSA) is 22.1 Å². The van der Waals surface area contributed by atoms with Gasteiger partial charge in [-0.25, -0.2) is 0 Å². The Morgan fingerprint density at radius 3 is 2.12 bits per heavy atom. The standard InChI is InChI=1S/C7H9N.C7H14O/c1-6-3-7(2)5-8-4-6;1-6-4-3-5-8-7(6)2/h3-5H,1-2H3;6-7H,3-5H2,1-2H3. The minimum Gasteiger partial charge on any atom is -0.378 e. The fraction of sp³-hybridized carbons (Fsp3) is 0.643. The fourth-order valence-electron chi connectivity index (χ4n) is 1.78. The number of hydrogen-bond acceptors (Lipinski definition) is 2. The van der Waals surface area contributed by atoms with Crippen molar-refractivity contribution in [1.29, 1.82) is 0 Å². The first kappa shape index (κ1) is 13.2. The highest BCUT2D eigenvalue weighted by Crippen LogP contribution is 2.18. The molecule has 0 bridgehead atoms. The van der Waals surface area contributed by atoms with Gasteiger partial charge in [0.1, 0.15) is 0 Å². The predicted molar refractivity (Wildman–Crippen MR) is 67.5 cm³/mol. The normalized spacial score (nSPS) is 24.5. The molecule has 2 nitrogen and oxygen atoms in total. The van der Waals surface area contributed by atoms with E-state index in [1.807, 2.05) is 26.2 Å². The molecule has 0 aromatic carbocycles. The van der Waals surface area contributed by atoms with Gasteiger partial charge in [-0.05, 0) is 50.7 Å². The van der Waals surface area contributed by atoms with Crippen LogP contribution in [0.5, 0.6) is 0 Å². The summed E-state index contributed by atoms with van der Waals surface area (Å²) in [4.78, 5) is 3.98. The smallest absolute Gasteiger partial charge is 0.0572 e.